The average molecular weight is 508 g/mol. The minimum Gasteiger partial charge on any atom is -0.388 e. The first-order valence-corrected chi connectivity index (χ1v) is 10.0. The molecule has 1 atom stereocenters. The summed E-state index contributed by atoms with van der Waals surface area (Å²) < 4.78 is 5.59. The van der Waals surface area contributed by atoms with Crippen LogP contribution in [0.4, 0.5) is 11.4 Å². The molecule has 2 aromatic rings. The molecule has 0 aromatic heterocycles. The molecule has 0 aliphatic rings. The van der Waals surface area contributed by atoms with Gasteiger partial charge in [0.15, 0.2) is 0 Å². The second kappa shape index (κ2) is 10.6. The Morgan fingerprint density at radius 2 is 1.50 bits per heavy atom. The lowest BCUT2D eigenvalue weighted by Crippen LogP contribution is -2.43. The third-order valence-electron chi connectivity index (χ3n) is 4.16. The number of non-ortho nitro benzene ring substituents is 2. The zero-order chi connectivity index (χ0) is 24.0. The smallest absolute Gasteiger partial charge is 0.345 e. The molecule has 0 unspecified atom stereocenters. The van der Waals surface area contributed by atoms with Gasteiger partial charge in [-0.05, 0) is 36.6 Å². The molecule has 0 aliphatic heterocycles. The number of carbonyl (C=O) groups is 3. The number of nitro groups is 2. The lowest BCUT2D eigenvalue weighted by molar-refractivity contribution is -0.394. The van der Waals surface area contributed by atoms with E-state index >= 15 is 0 Å². The topological polar surface area (TPSA) is 159 Å². The summed E-state index contributed by atoms with van der Waals surface area (Å²) in [6.45, 7) is 3.53. The van der Waals surface area contributed by atoms with Crippen LogP contribution >= 0.6 is 15.9 Å². The summed E-state index contributed by atoms with van der Waals surface area (Å²) in [4.78, 5) is 57.8. The van der Waals surface area contributed by atoms with Gasteiger partial charge in [0.05, 0.1) is 27.0 Å². The maximum absolute atomic E-state index is 12.6. The number of benzene rings is 2. The van der Waals surface area contributed by atoms with Gasteiger partial charge in [-0.3, -0.25) is 25.0 Å². The number of amides is 1. The maximum atomic E-state index is 12.6. The van der Waals surface area contributed by atoms with Crippen molar-refractivity contribution < 1.29 is 29.0 Å². The van der Waals surface area contributed by atoms with E-state index in [1.807, 2.05) is 0 Å². The van der Waals surface area contributed by atoms with Crippen LogP contribution in [0.2, 0.25) is 0 Å². The van der Waals surface area contributed by atoms with Gasteiger partial charge in [0.2, 0.25) is 0 Å². The summed E-state index contributed by atoms with van der Waals surface area (Å²) in [5.41, 5.74) is -1.58. The molecule has 12 heteroatoms. The van der Waals surface area contributed by atoms with Gasteiger partial charge in [-0.15, -0.1) is 0 Å². The van der Waals surface area contributed by atoms with E-state index < -0.39 is 45.1 Å². The number of halogens is 1. The van der Waals surface area contributed by atoms with Crippen LogP contribution in [0.3, 0.4) is 0 Å². The Hall–Kier alpha value is -3.67. The molecule has 0 radical (unpaired) electrons. The molecule has 0 aliphatic carbocycles. The molecule has 0 saturated carbocycles. The van der Waals surface area contributed by atoms with Crippen LogP contribution < -0.4 is 5.32 Å². The van der Waals surface area contributed by atoms with E-state index in [0.717, 1.165) is 16.6 Å². The van der Waals surface area contributed by atoms with Gasteiger partial charge in [-0.2, -0.15) is 0 Å². The number of hydrogen-bond donors (Lipinski definition) is 1. The van der Waals surface area contributed by atoms with Crippen molar-refractivity contribution >= 4 is 45.2 Å². The first-order valence-electron chi connectivity index (χ1n) is 9.24. The highest BCUT2D eigenvalue weighted by Gasteiger charge is 2.28. The van der Waals surface area contributed by atoms with Crippen molar-refractivity contribution in [2.75, 3.05) is 0 Å². The summed E-state index contributed by atoms with van der Waals surface area (Å²) in [5, 5.41) is 24.4. The zero-order valence-electron chi connectivity index (χ0n) is 16.9. The van der Waals surface area contributed by atoms with Crippen LogP contribution in [-0.4, -0.2) is 33.7 Å². The number of nitrogens with zero attached hydrogens (tertiary/aromatic N) is 2. The molecule has 0 fully saturated rings. The molecule has 1 N–H and O–H groups in total. The fraction of sp³-hybridized carbons (Fsp3) is 0.250. The highest BCUT2D eigenvalue weighted by atomic mass is 79.9. The highest BCUT2D eigenvalue weighted by Crippen LogP contribution is 2.23. The number of carbonyl (C=O) groups excluding carboxylic acids is 3. The van der Waals surface area contributed by atoms with Crippen molar-refractivity contribution in [2.24, 2.45) is 5.92 Å². The molecular formula is C20H18BrN3O8. The minimum atomic E-state index is -1.26. The van der Waals surface area contributed by atoms with Crippen LogP contribution in [0.5, 0.6) is 0 Å². The molecule has 1 amide bonds. The second-order valence-electron chi connectivity index (χ2n) is 7.12. The number of esters is 2. The molecule has 0 heterocycles. The number of nitrogens with one attached hydrogen (secondary N) is 1. The van der Waals surface area contributed by atoms with Gasteiger partial charge in [-0.25, -0.2) is 9.59 Å². The fourth-order valence-electron chi connectivity index (χ4n) is 2.67. The Morgan fingerprint density at radius 3 is 1.97 bits per heavy atom. The van der Waals surface area contributed by atoms with Crippen molar-refractivity contribution in [3.8, 4) is 0 Å². The summed E-state index contributed by atoms with van der Waals surface area (Å²) in [5.74, 6) is -3.01. The minimum absolute atomic E-state index is 0.0925. The van der Waals surface area contributed by atoms with Crippen molar-refractivity contribution in [1.82, 2.24) is 5.32 Å². The summed E-state index contributed by atoms with van der Waals surface area (Å²) in [7, 11) is 0. The third-order valence-corrected chi connectivity index (χ3v) is 4.69. The standard InChI is InChI=1S/C20H18BrN3O8/c1-11(2)7-17(20(27)32-19(26)12-3-5-14(21)6-4-12)22-18(25)13-8-15(23(28)29)10-16(9-13)24(30)31/h3-6,8-11,17H,7H2,1-2H3,(H,22,25)/t17-/m0/s1. The predicted octanol–water partition coefficient (Wildman–Crippen LogP) is 3.79. The predicted molar refractivity (Wildman–Crippen MR) is 115 cm³/mol. The molecular weight excluding hydrogens is 490 g/mol. The lowest BCUT2D eigenvalue weighted by Gasteiger charge is -2.19. The quantitative estimate of drug-likeness (QED) is 0.244. The van der Waals surface area contributed by atoms with Gasteiger partial charge in [0, 0.05) is 16.6 Å². The van der Waals surface area contributed by atoms with E-state index in [9.17, 15) is 34.6 Å². The monoisotopic (exact) mass is 507 g/mol. The van der Waals surface area contributed by atoms with Gasteiger partial charge in [0.25, 0.3) is 17.3 Å². The molecule has 0 saturated heterocycles. The highest BCUT2D eigenvalue weighted by molar-refractivity contribution is 9.10. The largest absolute Gasteiger partial charge is 0.388 e. The van der Waals surface area contributed by atoms with Crippen molar-refractivity contribution in [2.45, 2.75) is 26.3 Å². The van der Waals surface area contributed by atoms with E-state index in [1.165, 1.54) is 12.1 Å². The van der Waals surface area contributed by atoms with E-state index in [1.54, 1.807) is 26.0 Å². The van der Waals surface area contributed by atoms with Crippen LogP contribution in [0.1, 0.15) is 41.0 Å². The van der Waals surface area contributed by atoms with E-state index in [0.29, 0.717) is 6.07 Å². The number of ether oxygens (including phenoxy) is 1. The normalized spacial score (nSPS) is 11.5. The molecule has 32 heavy (non-hydrogen) atoms. The van der Waals surface area contributed by atoms with E-state index in [-0.39, 0.29) is 23.5 Å². The second-order valence-corrected chi connectivity index (χ2v) is 8.04. The number of nitro benzene ring substituents is 2. The maximum Gasteiger partial charge on any atom is 0.345 e. The molecule has 0 bridgehead atoms. The Kier molecular flexibility index (Phi) is 8.13. The van der Waals surface area contributed by atoms with Crippen LogP contribution in [0.25, 0.3) is 0 Å². The summed E-state index contributed by atoms with van der Waals surface area (Å²) in [6.07, 6.45) is 0.0925. The first kappa shape index (κ1) is 24.6. The molecule has 11 nitrogen and oxygen atoms in total. The van der Waals surface area contributed by atoms with E-state index in [4.69, 9.17) is 4.74 Å². The van der Waals surface area contributed by atoms with Gasteiger partial charge >= 0.3 is 11.9 Å². The SMILES string of the molecule is CC(C)C[C@H](NC(=O)c1cc([N+](=O)[O-])cc([N+](=O)[O-])c1)C(=O)OC(=O)c1ccc(Br)cc1. The van der Waals surface area contributed by atoms with Crippen LogP contribution in [-0.2, 0) is 9.53 Å². The summed E-state index contributed by atoms with van der Waals surface area (Å²) >= 11 is 3.22. The fourth-order valence-corrected chi connectivity index (χ4v) is 2.94. The number of hydrogen-bond acceptors (Lipinski definition) is 8. The first-order chi connectivity index (χ1) is 15.0. The summed E-state index contributed by atoms with van der Waals surface area (Å²) in [6, 6.07) is 7.22. The van der Waals surface area contributed by atoms with Crippen LogP contribution in [0.15, 0.2) is 46.9 Å². The van der Waals surface area contributed by atoms with Gasteiger partial charge in [0.1, 0.15) is 6.04 Å². The average Bonchev–Trinajstić information content (AvgIpc) is 2.72. The molecule has 0 spiro atoms. The Bertz CT molecular complexity index is 1040. The zero-order valence-corrected chi connectivity index (χ0v) is 18.5. The molecule has 168 valence electrons. The Labute approximate surface area is 190 Å². The van der Waals surface area contributed by atoms with Gasteiger partial charge in [-0.1, -0.05) is 29.8 Å². The Balaban J connectivity index is 2.24. The van der Waals surface area contributed by atoms with Crippen molar-refractivity contribution in [1.29, 1.82) is 0 Å². The van der Waals surface area contributed by atoms with Gasteiger partial charge < -0.3 is 10.1 Å². The lowest BCUT2D eigenvalue weighted by atomic mass is 10.0. The molecule has 2 aromatic carbocycles. The van der Waals surface area contributed by atoms with Crippen LogP contribution in [0, 0.1) is 26.1 Å². The molecule has 2 rings (SSSR count). The Morgan fingerprint density at radius 1 is 0.969 bits per heavy atom. The van der Waals surface area contributed by atoms with E-state index in [2.05, 4.69) is 21.2 Å². The third kappa shape index (κ3) is 6.67. The number of rotatable bonds is 8. The van der Waals surface area contributed by atoms with Crippen molar-refractivity contribution in [3.05, 3.63) is 78.3 Å². The van der Waals surface area contributed by atoms with Crippen molar-refractivity contribution in [3.63, 3.8) is 0 Å².